The molecule has 74 heavy (non-hydrogen) atoms. The quantitative estimate of drug-likeness (QED) is 0.0685. The van der Waals surface area contributed by atoms with E-state index in [4.69, 9.17) is 42.6 Å². The molecule has 5 aliphatic heterocycles. The van der Waals surface area contributed by atoms with Crippen molar-refractivity contribution in [2.24, 2.45) is 46.3 Å². The van der Waals surface area contributed by atoms with Crippen LogP contribution in [0, 0.1) is 46.3 Å². The summed E-state index contributed by atoms with van der Waals surface area (Å²) in [4.78, 5) is 0. The maximum atomic E-state index is 11.6. The average molecular weight is 1070 g/mol. The highest BCUT2D eigenvalue weighted by Gasteiger charge is 2.65. The topological polar surface area (TPSA) is 366 Å². The van der Waals surface area contributed by atoms with Crippen LogP contribution in [0.15, 0.2) is 11.3 Å². The molecule has 0 aromatic carbocycles. The minimum absolute atomic E-state index is 0.0590. The Bertz CT molecular complexity index is 1890. The lowest BCUT2D eigenvalue weighted by atomic mass is 9.44. The monoisotopic (exact) mass is 1060 g/mol. The standard InChI is InChI=1S/C51H84O23/c1-20(19-66-46-41(63)37(59)34(56)29(15-52)69-46)5-8-27-21(2)33-28(68-27)14-26-24-7-6-22-13-23(9-11-50(22,3)25(24)10-12-51(26,33)4)67-47-43(65)40(62)44(32(18-55)72-47)73-49-45(39(61)36(58)31(17-54)71-49)74-48-42(64)38(60)35(57)30(16-53)70-48/h20,22-26,28-49,52-65H,5-19H2,1-4H3. The van der Waals surface area contributed by atoms with Crippen LogP contribution in [-0.2, 0) is 42.6 Å². The van der Waals surface area contributed by atoms with Gasteiger partial charge in [-0.25, -0.2) is 0 Å². The molecule has 9 aliphatic rings. The molecule has 0 spiro atoms. The van der Waals surface area contributed by atoms with Gasteiger partial charge in [0.05, 0.1) is 44.9 Å². The molecule has 0 bridgehead atoms. The van der Waals surface area contributed by atoms with Gasteiger partial charge in [0.1, 0.15) is 104 Å². The van der Waals surface area contributed by atoms with E-state index in [2.05, 4.69) is 20.8 Å². The Hall–Kier alpha value is -1.34. The largest absolute Gasteiger partial charge is 0.494 e. The molecule has 23 nitrogen and oxygen atoms in total. The second-order valence-electron chi connectivity index (χ2n) is 23.7. The number of fused-ring (bicyclic) bond motifs is 7. The first-order chi connectivity index (χ1) is 35.2. The molecular weight excluding hydrogens is 981 g/mol. The van der Waals surface area contributed by atoms with Crippen LogP contribution in [0.2, 0.25) is 0 Å². The van der Waals surface area contributed by atoms with Crippen molar-refractivity contribution in [3.8, 4) is 0 Å². The molecule has 30 atom stereocenters. The van der Waals surface area contributed by atoms with Crippen LogP contribution < -0.4 is 0 Å². The molecule has 4 saturated carbocycles. The van der Waals surface area contributed by atoms with Gasteiger partial charge in [-0.2, -0.15) is 0 Å². The van der Waals surface area contributed by atoms with E-state index in [-0.39, 0.29) is 35.6 Å². The number of hydrogen-bond donors (Lipinski definition) is 14. The van der Waals surface area contributed by atoms with Gasteiger partial charge >= 0.3 is 0 Å². The van der Waals surface area contributed by atoms with Crippen molar-refractivity contribution >= 4 is 0 Å². The molecule has 23 heteroatoms. The van der Waals surface area contributed by atoms with E-state index in [0.717, 1.165) is 63.5 Å². The number of aliphatic hydroxyl groups is 14. The summed E-state index contributed by atoms with van der Waals surface area (Å²) in [5, 5.41) is 147. The second kappa shape index (κ2) is 23.0. The molecule has 14 N–H and O–H groups in total. The van der Waals surface area contributed by atoms with Crippen LogP contribution in [0.25, 0.3) is 0 Å². The third kappa shape index (κ3) is 10.4. The summed E-state index contributed by atoms with van der Waals surface area (Å²) in [7, 11) is 0. The minimum Gasteiger partial charge on any atom is -0.494 e. The van der Waals surface area contributed by atoms with Gasteiger partial charge in [-0.15, -0.1) is 0 Å². The maximum absolute atomic E-state index is 11.6. The van der Waals surface area contributed by atoms with Crippen molar-refractivity contribution in [2.75, 3.05) is 33.0 Å². The fourth-order valence-corrected chi connectivity index (χ4v) is 15.2. The molecule has 0 aromatic heterocycles. The normalized spacial score (nSPS) is 52.9. The molecule has 9 rings (SSSR count). The number of ether oxygens (including phenoxy) is 9. The Morgan fingerprint density at radius 2 is 1.07 bits per heavy atom. The van der Waals surface area contributed by atoms with Gasteiger partial charge < -0.3 is 114 Å². The van der Waals surface area contributed by atoms with Crippen LogP contribution in [0.4, 0.5) is 0 Å². The zero-order valence-corrected chi connectivity index (χ0v) is 42.7. The van der Waals surface area contributed by atoms with Crippen molar-refractivity contribution in [3.63, 3.8) is 0 Å². The summed E-state index contributed by atoms with van der Waals surface area (Å²) in [6.07, 6.45) is -22.6. The molecule has 4 saturated heterocycles. The zero-order chi connectivity index (χ0) is 53.3. The summed E-state index contributed by atoms with van der Waals surface area (Å²) >= 11 is 0. The molecule has 4 aliphatic carbocycles. The molecule has 5 heterocycles. The van der Waals surface area contributed by atoms with Crippen molar-refractivity contribution in [1.29, 1.82) is 0 Å². The Balaban J connectivity index is 0.786. The predicted molar refractivity (Wildman–Crippen MR) is 250 cm³/mol. The Labute approximate surface area is 430 Å². The molecule has 426 valence electrons. The van der Waals surface area contributed by atoms with Crippen LogP contribution in [0.1, 0.15) is 91.9 Å². The zero-order valence-electron chi connectivity index (χ0n) is 42.7. The summed E-state index contributed by atoms with van der Waals surface area (Å²) in [5.74, 6) is 3.37. The van der Waals surface area contributed by atoms with Crippen molar-refractivity contribution in [3.05, 3.63) is 11.3 Å². The predicted octanol–water partition coefficient (Wildman–Crippen LogP) is -3.01. The average Bonchev–Trinajstić information content (AvgIpc) is 3.88. The molecule has 30 unspecified atom stereocenters. The molecule has 0 aromatic rings. The highest BCUT2D eigenvalue weighted by Crippen LogP contribution is 2.70. The lowest BCUT2D eigenvalue weighted by molar-refractivity contribution is -0.390. The Morgan fingerprint density at radius 1 is 0.541 bits per heavy atom. The highest BCUT2D eigenvalue weighted by molar-refractivity contribution is 5.27. The second-order valence-corrected chi connectivity index (χ2v) is 23.7. The Morgan fingerprint density at radius 3 is 1.72 bits per heavy atom. The van der Waals surface area contributed by atoms with Gasteiger partial charge in [0, 0.05) is 12.3 Å². The van der Waals surface area contributed by atoms with E-state index < -0.39 is 149 Å². The van der Waals surface area contributed by atoms with Gasteiger partial charge in [0.25, 0.3) is 0 Å². The van der Waals surface area contributed by atoms with Gasteiger partial charge in [0.15, 0.2) is 25.2 Å². The molecule has 0 amide bonds. The molecular formula is C51H84O23. The van der Waals surface area contributed by atoms with Gasteiger partial charge in [-0.05, 0) is 111 Å². The van der Waals surface area contributed by atoms with Crippen molar-refractivity contribution in [1.82, 2.24) is 0 Å². The smallest absolute Gasteiger partial charge is 0.187 e. The number of allylic oxidation sites excluding steroid dienone is 1. The van der Waals surface area contributed by atoms with Gasteiger partial charge in [-0.1, -0.05) is 20.8 Å². The minimum atomic E-state index is -1.91. The van der Waals surface area contributed by atoms with Crippen molar-refractivity contribution in [2.45, 2.75) is 227 Å². The van der Waals surface area contributed by atoms with Crippen LogP contribution >= 0.6 is 0 Å². The first kappa shape index (κ1) is 57.3. The van der Waals surface area contributed by atoms with Crippen LogP contribution in [0.3, 0.4) is 0 Å². The number of aliphatic hydroxyl groups excluding tert-OH is 14. The Kier molecular flexibility index (Phi) is 17.8. The summed E-state index contributed by atoms with van der Waals surface area (Å²) < 4.78 is 53.7. The SMILES string of the molecule is CC1=C(CCC(C)COC2OC(CO)C(O)C(O)C2O)OC2CC3C4CCC5CC(OC6OC(CO)C(OC7OC(CO)C(O)C(O)C7OC7OC(CO)C(O)C(O)C7O)C(O)C6O)CCC5(C)C4CCC3(C)C12. The highest BCUT2D eigenvalue weighted by atomic mass is 16.8. The lowest BCUT2D eigenvalue weighted by Gasteiger charge is -2.61. The number of hydrogen-bond acceptors (Lipinski definition) is 23. The van der Waals surface area contributed by atoms with Gasteiger partial charge in [0.2, 0.25) is 0 Å². The fraction of sp³-hybridized carbons (Fsp3) is 0.961. The van der Waals surface area contributed by atoms with Gasteiger partial charge in [-0.3, -0.25) is 0 Å². The van der Waals surface area contributed by atoms with E-state index >= 15 is 0 Å². The van der Waals surface area contributed by atoms with E-state index in [1.165, 1.54) is 5.57 Å². The fourth-order valence-electron chi connectivity index (χ4n) is 15.2. The van der Waals surface area contributed by atoms with E-state index in [0.29, 0.717) is 36.0 Å². The number of rotatable bonds is 16. The third-order valence-corrected chi connectivity index (χ3v) is 19.5. The first-order valence-corrected chi connectivity index (χ1v) is 27.0. The van der Waals surface area contributed by atoms with E-state index in [9.17, 15) is 71.5 Å². The third-order valence-electron chi connectivity index (χ3n) is 19.5. The van der Waals surface area contributed by atoms with Crippen LogP contribution in [-0.4, -0.2) is 240 Å². The lowest BCUT2D eigenvalue weighted by Crippen LogP contribution is -2.67. The molecule has 8 fully saturated rings. The molecule has 0 radical (unpaired) electrons. The first-order valence-electron chi connectivity index (χ1n) is 27.0. The van der Waals surface area contributed by atoms with E-state index in [1.807, 2.05) is 6.92 Å². The van der Waals surface area contributed by atoms with E-state index in [1.54, 1.807) is 0 Å². The van der Waals surface area contributed by atoms with Crippen molar-refractivity contribution < 1.29 is 114 Å². The summed E-state index contributed by atoms with van der Waals surface area (Å²) in [6, 6.07) is 0. The van der Waals surface area contributed by atoms with Crippen LogP contribution in [0.5, 0.6) is 0 Å². The summed E-state index contributed by atoms with van der Waals surface area (Å²) in [5.41, 5.74) is 1.49. The summed E-state index contributed by atoms with van der Waals surface area (Å²) in [6.45, 7) is 6.62. The maximum Gasteiger partial charge on any atom is 0.187 e.